The lowest BCUT2D eigenvalue weighted by atomic mass is 10.0. The van der Waals surface area contributed by atoms with Crippen LogP contribution in [0.1, 0.15) is 400 Å². The van der Waals surface area contributed by atoms with Crippen LogP contribution in [0.25, 0.3) is 0 Å². The molecule has 0 spiro atoms. The summed E-state index contributed by atoms with van der Waals surface area (Å²) in [4.78, 5) is 38.4. The van der Waals surface area contributed by atoms with Gasteiger partial charge in [0.05, 0.1) is 0 Å². The molecular formula is C72H136O6. The van der Waals surface area contributed by atoms with Crippen molar-refractivity contribution in [1.82, 2.24) is 0 Å². The average Bonchev–Trinajstić information content (AvgIpc) is 3.44. The molecule has 0 aliphatic carbocycles. The third-order valence-corrected chi connectivity index (χ3v) is 16.2. The molecule has 0 N–H and O–H groups in total. The average molecular weight is 1100 g/mol. The summed E-state index contributed by atoms with van der Waals surface area (Å²) < 4.78 is 17.0. The summed E-state index contributed by atoms with van der Waals surface area (Å²) in [5.74, 6) is -0.853. The Morgan fingerprint density at radius 2 is 0.474 bits per heavy atom. The number of hydrogen-bond donors (Lipinski definition) is 0. The molecule has 0 aromatic carbocycles. The van der Waals surface area contributed by atoms with Crippen molar-refractivity contribution in [3.05, 3.63) is 24.3 Å². The number of hydrogen-bond acceptors (Lipinski definition) is 6. The van der Waals surface area contributed by atoms with Gasteiger partial charge in [-0.15, -0.1) is 0 Å². The van der Waals surface area contributed by atoms with Gasteiger partial charge in [0.1, 0.15) is 13.2 Å². The van der Waals surface area contributed by atoms with Gasteiger partial charge < -0.3 is 14.2 Å². The van der Waals surface area contributed by atoms with Crippen molar-refractivity contribution < 1.29 is 28.6 Å². The van der Waals surface area contributed by atoms with E-state index < -0.39 is 6.10 Å². The molecule has 0 aromatic heterocycles. The lowest BCUT2D eigenvalue weighted by Crippen LogP contribution is -2.30. The van der Waals surface area contributed by atoms with Crippen molar-refractivity contribution in [2.75, 3.05) is 13.2 Å². The van der Waals surface area contributed by atoms with Crippen LogP contribution in [0.2, 0.25) is 0 Å². The first-order chi connectivity index (χ1) is 38.5. The number of rotatable bonds is 66. The van der Waals surface area contributed by atoms with E-state index in [0.29, 0.717) is 19.3 Å². The molecule has 1 atom stereocenters. The molecule has 78 heavy (non-hydrogen) atoms. The zero-order valence-corrected chi connectivity index (χ0v) is 53.0. The molecule has 0 saturated carbocycles. The molecule has 0 rings (SSSR count). The maximum atomic E-state index is 12.9. The van der Waals surface area contributed by atoms with E-state index in [-0.39, 0.29) is 31.1 Å². The molecule has 460 valence electrons. The molecule has 0 amide bonds. The van der Waals surface area contributed by atoms with Crippen LogP contribution in [-0.4, -0.2) is 37.2 Å². The van der Waals surface area contributed by atoms with Crippen LogP contribution < -0.4 is 0 Å². The maximum Gasteiger partial charge on any atom is 0.306 e. The van der Waals surface area contributed by atoms with Gasteiger partial charge in [-0.1, -0.05) is 360 Å². The van der Waals surface area contributed by atoms with E-state index in [1.54, 1.807) is 0 Å². The molecular weight excluding hydrogens is 961 g/mol. The fraction of sp³-hybridized carbons (Fsp3) is 0.903. The first-order valence-corrected chi connectivity index (χ1v) is 35.3. The van der Waals surface area contributed by atoms with E-state index in [1.807, 2.05) is 0 Å². The van der Waals surface area contributed by atoms with Crippen molar-refractivity contribution in [3.63, 3.8) is 0 Å². The summed E-state index contributed by atoms with van der Waals surface area (Å²) in [7, 11) is 0. The highest BCUT2D eigenvalue weighted by molar-refractivity contribution is 5.71. The van der Waals surface area contributed by atoms with Gasteiger partial charge in [0.2, 0.25) is 0 Å². The molecule has 0 heterocycles. The fourth-order valence-corrected chi connectivity index (χ4v) is 10.9. The Hall–Kier alpha value is -2.11. The highest BCUT2D eigenvalue weighted by atomic mass is 16.6. The van der Waals surface area contributed by atoms with E-state index in [9.17, 15) is 14.4 Å². The second-order valence-electron chi connectivity index (χ2n) is 24.2. The topological polar surface area (TPSA) is 78.9 Å². The molecule has 1 unspecified atom stereocenters. The largest absolute Gasteiger partial charge is 0.462 e. The predicted octanol–water partition coefficient (Wildman–Crippen LogP) is 24.2. The molecule has 0 saturated heterocycles. The van der Waals surface area contributed by atoms with E-state index in [2.05, 4.69) is 45.1 Å². The maximum absolute atomic E-state index is 12.9. The van der Waals surface area contributed by atoms with E-state index >= 15 is 0 Å². The van der Waals surface area contributed by atoms with Gasteiger partial charge in [0.25, 0.3) is 0 Å². The van der Waals surface area contributed by atoms with E-state index in [1.165, 1.54) is 283 Å². The standard InChI is InChI=1S/C72H136O6/c1-4-7-10-13-16-19-22-25-28-30-31-32-33-34-35-36-37-38-39-40-41-43-44-47-50-53-56-59-62-65-71(74)77-68-69(67-76-70(73)64-61-58-55-52-49-46-27-24-21-18-15-12-9-6-3)78-72(75)66-63-60-57-54-51-48-45-42-29-26-23-20-17-14-11-8-5-2/h15,18,24,27,69H,4-14,16-17,19-23,25-26,28-68H2,1-3H3/b18-15-,27-24-. The summed E-state index contributed by atoms with van der Waals surface area (Å²) in [5, 5.41) is 0. The number of carbonyl (C=O) groups excluding carboxylic acids is 3. The van der Waals surface area contributed by atoms with Gasteiger partial charge in [-0.3, -0.25) is 14.4 Å². The summed E-state index contributed by atoms with van der Waals surface area (Å²) in [6, 6.07) is 0. The summed E-state index contributed by atoms with van der Waals surface area (Å²) in [5.41, 5.74) is 0. The normalized spacial score (nSPS) is 12.1. The minimum absolute atomic E-state index is 0.0694. The monoisotopic (exact) mass is 1100 g/mol. The van der Waals surface area contributed by atoms with Crippen LogP contribution in [-0.2, 0) is 28.6 Å². The summed E-state index contributed by atoms with van der Waals surface area (Å²) in [6.07, 6.45) is 82.2. The minimum atomic E-state index is -0.773. The zero-order valence-electron chi connectivity index (χ0n) is 53.0. The molecule has 0 aromatic rings. The molecule has 0 aliphatic rings. The van der Waals surface area contributed by atoms with E-state index in [0.717, 1.165) is 77.0 Å². The Balaban J connectivity index is 4.16. The number of ether oxygens (including phenoxy) is 3. The van der Waals surface area contributed by atoms with Crippen LogP contribution in [0.3, 0.4) is 0 Å². The highest BCUT2D eigenvalue weighted by Crippen LogP contribution is 2.19. The Morgan fingerprint density at radius 1 is 0.256 bits per heavy atom. The minimum Gasteiger partial charge on any atom is -0.462 e. The number of unbranched alkanes of at least 4 members (excludes halogenated alkanes) is 51. The van der Waals surface area contributed by atoms with Crippen LogP contribution in [0.15, 0.2) is 24.3 Å². The first kappa shape index (κ1) is 75.9. The van der Waals surface area contributed by atoms with Crippen molar-refractivity contribution in [1.29, 1.82) is 0 Å². The van der Waals surface area contributed by atoms with Crippen molar-refractivity contribution in [3.8, 4) is 0 Å². The van der Waals surface area contributed by atoms with Crippen molar-refractivity contribution >= 4 is 17.9 Å². The van der Waals surface area contributed by atoms with Crippen molar-refractivity contribution in [2.45, 2.75) is 406 Å². The number of carbonyl (C=O) groups is 3. The Kier molecular flexibility index (Phi) is 65.6. The first-order valence-electron chi connectivity index (χ1n) is 35.3. The smallest absolute Gasteiger partial charge is 0.306 e. The summed E-state index contributed by atoms with van der Waals surface area (Å²) in [6.45, 7) is 6.67. The van der Waals surface area contributed by atoms with Gasteiger partial charge in [-0.2, -0.15) is 0 Å². The van der Waals surface area contributed by atoms with Gasteiger partial charge in [-0.25, -0.2) is 0 Å². The van der Waals surface area contributed by atoms with Crippen LogP contribution >= 0.6 is 0 Å². The number of esters is 3. The molecule has 0 bridgehead atoms. The quantitative estimate of drug-likeness (QED) is 0.0261. The lowest BCUT2D eigenvalue weighted by molar-refractivity contribution is -0.167. The summed E-state index contributed by atoms with van der Waals surface area (Å²) >= 11 is 0. The third kappa shape index (κ3) is 64.7. The SMILES string of the molecule is CCCC/C=C\C/C=C\CCCCCCCC(=O)OCC(COC(=O)CCCCCCCCCCCCCCCCCCCCCCCCCCCCCCC)OC(=O)CCCCCCCCCCCCCCCCCCC. The van der Waals surface area contributed by atoms with Gasteiger partial charge >= 0.3 is 17.9 Å². The molecule has 0 radical (unpaired) electrons. The van der Waals surface area contributed by atoms with Gasteiger partial charge in [0, 0.05) is 19.3 Å². The van der Waals surface area contributed by atoms with Crippen LogP contribution in [0, 0.1) is 0 Å². The van der Waals surface area contributed by atoms with Gasteiger partial charge in [-0.05, 0) is 44.9 Å². The molecule has 6 nitrogen and oxygen atoms in total. The molecule has 0 fully saturated rings. The highest BCUT2D eigenvalue weighted by Gasteiger charge is 2.19. The zero-order chi connectivity index (χ0) is 56.4. The Bertz CT molecular complexity index is 1260. The molecule has 6 heteroatoms. The van der Waals surface area contributed by atoms with Crippen LogP contribution in [0.4, 0.5) is 0 Å². The van der Waals surface area contributed by atoms with Crippen LogP contribution in [0.5, 0.6) is 0 Å². The second kappa shape index (κ2) is 67.4. The molecule has 0 aliphatic heterocycles. The lowest BCUT2D eigenvalue weighted by Gasteiger charge is -2.18. The van der Waals surface area contributed by atoms with E-state index in [4.69, 9.17) is 14.2 Å². The predicted molar refractivity (Wildman–Crippen MR) is 340 cm³/mol. The Morgan fingerprint density at radius 3 is 0.744 bits per heavy atom. The van der Waals surface area contributed by atoms with Gasteiger partial charge in [0.15, 0.2) is 6.10 Å². The third-order valence-electron chi connectivity index (χ3n) is 16.2. The number of allylic oxidation sites excluding steroid dienone is 4. The Labute approximate surface area is 487 Å². The van der Waals surface area contributed by atoms with Crippen molar-refractivity contribution in [2.24, 2.45) is 0 Å². The fourth-order valence-electron chi connectivity index (χ4n) is 10.9. The second-order valence-corrected chi connectivity index (χ2v) is 24.2.